The smallest absolute Gasteiger partial charge is 0.253 e. The molecule has 0 aromatic heterocycles. The molecule has 2 aromatic rings. The zero-order chi connectivity index (χ0) is 17.5. The number of carbonyl (C=O) groups excluding carboxylic acids is 1. The molecule has 0 spiro atoms. The number of hydrogen-bond donors (Lipinski definition) is 3. The lowest BCUT2D eigenvalue weighted by molar-refractivity contribution is -0.129. The third-order valence-corrected chi connectivity index (χ3v) is 3.64. The lowest BCUT2D eigenvalue weighted by Gasteiger charge is -2.12. The third kappa shape index (κ3) is 4.39. The van der Waals surface area contributed by atoms with Gasteiger partial charge in [-0.1, -0.05) is 18.2 Å². The van der Waals surface area contributed by atoms with Gasteiger partial charge in [0.1, 0.15) is 5.75 Å². The number of carbonyl (C=O) groups is 1. The second-order valence-corrected chi connectivity index (χ2v) is 5.22. The van der Waals surface area contributed by atoms with Gasteiger partial charge >= 0.3 is 0 Å². The number of phenolic OH excluding ortho intramolecular Hbond substituents is 1. The van der Waals surface area contributed by atoms with Crippen LogP contribution in [0, 0.1) is 0 Å². The van der Waals surface area contributed by atoms with Crippen molar-refractivity contribution in [3.05, 3.63) is 53.6 Å². The van der Waals surface area contributed by atoms with Gasteiger partial charge in [0.2, 0.25) is 0 Å². The van der Waals surface area contributed by atoms with Crippen LogP contribution < -0.4 is 14.8 Å². The molecule has 1 atom stereocenters. The van der Waals surface area contributed by atoms with E-state index in [1.165, 1.54) is 7.11 Å². The van der Waals surface area contributed by atoms with Crippen LogP contribution in [-0.2, 0) is 11.2 Å². The Morgan fingerprint density at radius 3 is 2.46 bits per heavy atom. The first-order valence-corrected chi connectivity index (χ1v) is 7.50. The quantitative estimate of drug-likeness (QED) is 0.720. The molecule has 0 heterocycles. The van der Waals surface area contributed by atoms with Gasteiger partial charge in [0.15, 0.2) is 17.6 Å². The molecule has 0 saturated heterocycles. The molecular weight excluding hydrogens is 310 g/mol. The molecule has 0 unspecified atom stereocenters. The number of ether oxygens (including phenoxy) is 2. The fourth-order valence-corrected chi connectivity index (χ4v) is 2.24. The third-order valence-electron chi connectivity index (χ3n) is 3.64. The van der Waals surface area contributed by atoms with E-state index in [0.29, 0.717) is 30.0 Å². The molecule has 0 bridgehead atoms. The van der Waals surface area contributed by atoms with Crippen molar-refractivity contribution in [1.29, 1.82) is 0 Å². The summed E-state index contributed by atoms with van der Waals surface area (Å²) < 4.78 is 10.1. The van der Waals surface area contributed by atoms with Crippen LogP contribution in [0.1, 0.15) is 17.2 Å². The Morgan fingerprint density at radius 1 is 1.12 bits per heavy atom. The van der Waals surface area contributed by atoms with Crippen LogP contribution in [0.15, 0.2) is 42.5 Å². The average Bonchev–Trinajstić information content (AvgIpc) is 2.62. The fourth-order valence-electron chi connectivity index (χ4n) is 2.24. The topological polar surface area (TPSA) is 88.0 Å². The van der Waals surface area contributed by atoms with Crippen LogP contribution in [0.4, 0.5) is 0 Å². The van der Waals surface area contributed by atoms with Gasteiger partial charge in [-0.15, -0.1) is 0 Å². The van der Waals surface area contributed by atoms with Crippen molar-refractivity contribution < 1.29 is 24.5 Å². The number of benzene rings is 2. The Morgan fingerprint density at radius 2 is 1.83 bits per heavy atom. The highest BCUT2D eigenvalue weighted by molar-refractivity contribution is 5.81. The number of rotatable bonds is 7. The first-order chi connectivity index (χ1) is 11.5. The molecule has 6 heteroatoms. The summed E-state index contributed by atoms with van der Waals surface area (Å²) in [5, 5.41) is 22.3. The Labute approximate surface area is 140 Å². The van der Waals surface area contributed by atoms with Crippen molar-refractivity contribution in [2.45, 2.75) is 12.5 Å². The van der Waals surface area contributed by atoms with E-state index < -0.39 is 12.0 Å². The molecule has 24 heavy (non-hydrogen) atoms. The van der Waals surface area contributed by atoms with E-state index in [0.717, 1.165) is 5.56 Å². The summed E-state index contributed by atoms with van der Waals surface area (Å²) >= 11 is 0. The second kappa shape index (κ2) is 8.21. The summed E-state index contributed by atoms with van der Waals surface area (Å²) in [6.07, 6.45) is -0.678. The second-order valence-electron chi connectivity index (χ2n) is 5.22. The van der Waals surface area contributed by atoms with E-state index in [-0.39, 0.29) is 5.75 Å². The lowest BCUT2D eigenvalue weighted by atomic mass is 10.1. The molecule has 2 rings (SSSR count). The molecule has 0 saturated carbocycles. The van der Waals surface area contributed by atoms with Crippen LogP contribution in [-0.4, -0.2) is 36.9 Å². The average molecular weight is 331 g/mol. The molecule has 0 fully saturated rings. The molecular formula is C18H21NO5. The minimum atomic E-state index is -1.23. The van der Waals surface area contributed by atoms with Gasteiger partial charge in [-0.25, -0.2) is 0 Å². The maximum Gasteiger partial charge on any atom is 0.253 e. The van der Waals surface area contributed by atoms with Crippen LogP contribution in [0.3, 0.4) is 0 Å². The molecule has 0 radical (unpaired) electrons. The minimum Gasteiger partial charge on any atom is -0.504 e. The van der Waals surface area contributed by atoms with E-state index in [1.807, 2.05) is 0 Å². The van der Waals surface area contributed by atoms with Gasteiger partial charge in [0.05, 0.1) is 14.2 Å². The van der Waals surface area contributed by atoms with E-state index in [2.05, 4.69) is 5.32 Å². The zero-order valence-electron chi connectivity index (χ0n) is 13.7. The normalized spacial score (nSPS) is 11.6. The highest BCUT2D eigenvalue weighted by atomic mass is 16.5. The summed E-state index contributed by atoms with van der Waals surface area (Å²) in [5.74, 6) is 0.649. The van der Waals surface area contributed by atoms with Crippen LogP contribution >= 0.6 is 0 Å². The summed E-state index contributed by atoms with van der Waals surface area (Å²) in [5.41, 5.74) is 1.41. The number of aliphatic hydroxyl groups excluding tert-OH is 1. The van der Waals surface area contributed by atoms with Gasteiger partial charge in [0, 0.05) is 6.54 Å². The largest absolute Gasteiger partial charge is 0.504 e. The maximum atomic E-state index is 12.0. The standard InChI is InChI=1S/C18H21NO5/c1-23-14-6-4-13(5-7-14)17(21)18(22)19-10-9-12-3-8-15(20)16(11-12)24-2/h3-8,11,17,20-21H,9-10H2,1-2H3,(H,19,22)/t17-/m0/s1. The highest BCUT2D eigenvalue weighted by Crippen LogP contribution is 2.26. The van der Waals surface area contributed by atoms with Gasteiger partial charge in [-0.3, -0.25) is 4.79 Å². The number of methoxy groups -OCH3 is 2. The zero-order valence-corrected chi connectivity index (χ0v) is 13.7. The number of amides is 1. The van der Waals surface area contributed by atoms with E-state index in [4.69, 9.17) is 9.47 Å². The van der Waals surface area contributed by atoms with E-state index >= 15 is 0 Å². The van der Waals surface area contributed by atoms with Crippen molar-refractivity contribution in [3.63, 3.8) is 0 Å². The maximum absolute atomic E-state index is 12.0. The molecule has 1 amide bonds. The monoisotopic (exact) mass is 331 g/mol. The minimum absolute atomic E-state index is 0.0696. The number of aromatic hydroxyl groups is 1. The van der Waals surface area contributed by atoms with Crippen LogP contribution in [0.25, 0.3) is 0 Å². The molecule has 0 aliphatic rings. The summed E-state index contributed by atoms with van der Waals surface area (Å²) in [6.45, 7) is 0.361. The van der Waals surface area contributed by atoms with Gasteiger partial charge in [0.25, 0.3) is 5.91 Å². The predicted molar refractivity (Wildman–Crippen MR) is 89.3 cm³/mol. The molecule has 2 aromatic carbocycles. The van der Waals surface area contributed by atoms with Crippen molar-refractivity contribution in [2.75, 3.05) is 20.8 Å². The Bertz CT molecular complexity index is 684. The summed E-state index contributed by atoms with van der Waals surface area (Å²) in [6, 6.07) is 11.7. The van der Waals surface area contributed by atoms with Gasteiger partial charge < -0.3 is 25.0 Å². The lowest BCUT2D eigenvalue weighted by Crippen LogP contribution is -2.30. The van der Waals surface area contributed by atoms with Crippen LogP contribution in [0.5, 0.6) is 17.2 Å². The van der Waals surface area contributed by atoms with Crippen LogP contribution in [0.2, 0.25) is 0 Å². The number of hydrogen-bond acceptors (Lipinski definition) is 5. The number of phenols is 1. The summed E-state index contributed by atoms with van der Waals surface area (Å²) in [4.78, 5) is 12.0. The highest BCUT2D eigenvalue weighted by Gasteiger charge is 2.16. The number of aliphatic hydroxyl groups is 1. The SMILES string of the molecule is COc1ccc([C@H](O)C(=O)NCCc2ccc(O)c(OC)c2)cc1. The fraction of sp³-hybridized carbons (Fsp3) is 0.278. The van der Waals surface area contributed by atoms with Crippen molar-refractivity contribution >= 4 is 5.91 Å². The van der Waals surface area contributed by atoms with Gasteiger partial charge in [-0.05, 0) is 41.8 Å². The Balaban J connectivity index is 1.88. The van der Waals surface area contributed by atoms with E-state index in [9.17, 15) is 15.0 Å². The summed E-state index contributed by atoms with van der Waals surface area (Å²) in [7, 11) is 3.03. The van der Waals surface area contributed by atoms with Gasteiger partial charge in [-0.2, -0.15) is 0 Å². The molecule has 0 aliphatic carbocycles. The molecule has 3 N–H and O–H groups in total. The van der Waals surface area contributed by atoms with Crippen molar-refractivity contribution in [2.24, 2.45) is 0 Å². The predicted octanol–water partition coefficient (Wildman–Crippen LogP) is 1.80. The molecule has 6 nitrogen and oxygen atoms in total. The molecule has 0 aliphatic heterocycles. The van der Waals surface area contributed by atoms with Crippen molar-refractivity contribution in [3.8, 4) is 17.2 Å². The van der Waals surface area contributed by atoms with E-state index in [1.54, 1.807) is 49.6 Å². The number of nitrogens with one attached hydrogen (secondary N) is 1. The Kier molecular flexibility index (Phi) is 6.03. The first-order valence-electron chi connectivity index (χ1n) is 7.50. The molecule has 128 valence electrons. The first kappa shape index (κ1) is 17.6. The Hall–Kier alpha value is -2.73. The van der Waals surface area contributed by atoms with Crippen molar-refractivity contribution in [1.82, 2.24) is 5.32 Å².